The van der Waals surface area contributed by atoms with E-state index in [-0.39, 0.29) is 34.0 Å². The van der Waals surface area contributed by atoms with E-state index in [0.29, 0.717) is 29.7 Å². The Morgan fingerprint density at radius 1 is 1.14 bits per heavy atom. The summed E-state index contributed by atoms with van der Waals surface area (Å²) in [6, 6.07) is 7.17. The number of carboxylic acids is 1. The molecule has 152 valence electrons. The number of hydrogen-bond donors (Lipinski definition) is 3. The highest BCUT2D eigenvalue weighted by molar-refractivity contribution is 5.88. The first-order valence-corrected chi connectivity index (χ1v) is 8.90. The molecule has 3 rings (SSSR count). The van der Waals surface area contributed by atoms with E-state index in [4.69, 9.17) is 19.0 Å². The first-order chi connectivity index (χ1) is 13.8. The van der Waals surface area contributed by atoms with E-state index in [0.717, 1.165) is 0 Å². The molecule has 0 unspecified atom stereocenters. The molecule has 8 heteroatoms. The van der Waals surface area contributed by atoms with Crippen LogP contribution in [0.15, 0.2) is 39.5 Å². The molecule has 0 fully saturated rings. The number of benzene rings is 2. The van der Waals surface area contributed by atoms with E-state index in [1.807, 2.05) is 6.92 Å². The van der Waals surface area contributed by atoms with Crippen molar-refractivity contribution in [1.29, 1.82) is 0 Å². The van der Waals surface area contributed by atoms with Crippen LogP contribution in [-0.4, -0.2) is 35.0 Å². The summed E-state index contributed by atoms with van der Waals surface area (Å²) in [6.07, 6.45) is 1.10. The van der Waals surface area contributed by atoms with E-state index in [1.165, 1.54) is 25.3 Å². The summed E-state index contributed by atoms with van der Waals surface area (Å²) in [5, 5.41) is 29.4. The van der Waals surface area contributed by atoms with Crippen molar-refractivity contribution in [2.45, 2.75) is 19.8 Å². The Labute approximate surface area is 165 Å². The minimum Gasteiger partial charge on any atom is -0.507 e. The minimum absolute atomic E-state index is 0.00846. The zero-order chi connectivity index (χ0) is 21.1. The third-order valence-corrected chi connectivity index (χ3v) is 4.37. The lowest BCUT2D eigenvalue weighted by molar-refractivity contribution is -0.139. The summed E-state index contributed by atoms with van der Waals surface area (Å²) in [5.41, 5.74) is 0.293. The van der Waals surface area contributed by atoms with Gasteiger partial charge in [-0.1, -0.05) is 13.3 Å². The van der Waals surface area contributed by atoms with E-state index in [2.05, 4.69) is 0 Å². The Morgan fingerprint density at radius 3 is 2.55 bits per heavy atom. The van der Waals surface area contributed by atoms with Gasteiger partial charge in [0.1, 0.15) is 28.2 Å². The van der Waals surface area contributed by atoms with Gasteiger partial charge in [0.05, 0.1) is 7.11 Å². The number of hydrogen-bond acceptors (Lipinski definition) is 7. The zero-order valence-corrected chi connectivity index (χ0v) is 15.9. The van der Waals surface area contributed by atoms with Gasteiger partial charge in [0.2, 0.25) is 0 Å². The highest BCUT2D eigenvalue weighted by atomic mass is 16.5. The van der Waals surface area contributed by atoms with Gasteiger partial charge in [-0.2, -0.15) is 0 Å². The number of rotatable bonds is 7. The van der Waals surface area contributed by atoms with Gasteiger partial charge in [-0.25, -0.2) is 4.79 Å². The maximum absolute atomic E-state index is 12.6. The van der Waals surface area contributed by atoms with Crippen LogP contribution in [0.25, 0.3) is 22.3 Å². The van der Waals surface area contributed by atoms with Crippen LogP contribution in [0.4, 0.5) is 0 Å². The number of methoxy groups -OCH3 is 1. The molecule has 0 aliphatic carbocycles. The molecule has 29 heavy (non-hydrogen) atoms. The maximum Gasteiger partial charge on any atom is 0.341 e. The molecule has 0 aliphatic rings. The van der Waals surface area contributed by atoms with Gasteiger partial charge in [-0.05, 0) is 24.6 Å². The van der Waals surface area contributed by atoms with Gasteiger partial charge < -0.3 is 29.2 Å². The maximum atomic E-state index is 12.6. The normalized spacial score (nSPS) is 10.8. The minimum atomic E-state index is -1.15. The molecule has 0 atom stereocenters. The Balaban J connectivity index is 2.13. The first kappa shape index (κ1) is 20.1. The Hall–Kier alpha value is -3.68. The number of phenols is 2. The van der Waals surface area contributed by atoms with Gasteiger partial charge in [0, 0.05) is 23.3 Å². The third-order valence-electron chi connectivity index (χ3n) is 4.37. The van der Waals surface area contributed by atoms with Gasteiger partial charge in [0.15, 0.2) is 23.5 Å². The molecule has 0 bridgehead atoms. The highest BCUT2D eigenvalue weighted by Crippen LogP contribution is 2.37. The second-order valence-corrected chi connectivity index (χ2v) is 6.37. The second kappa shape index (κ2) is 8.14. The van der Waals surface area contributed by atoms with Crippen LogP contribution in [0.1, 0.15) is 18.9 Å². The van der Waals surface area contributed by atoms with Crippen LogP contribution in [-0.2, 0) is 11.2 Å². The van der Waals surface area contributed by atoms with Crippen molar-refractivity contribution in [1.82, 2.24) is 0 Å². The van der Waals surface area contributed by atoms with E-state index in [1.54, 1.807) is 12.1 Å². The average molecular weight is 400 g/mol. The molecule has 0 aliphatic heterocycles. The number of carbonyl (C=O) groups is 1. The van der Waals surface area contributed by atoms with E-state index < -0.39 is 18.0 Å². The molecule has 8 nitrogen and oxygen atoms in total. The summed E-state index contributed by atoms with van der Waals surface area (Å²) < 4.78 is 16.1. The topological polar surface area (TPSA) is 126 Å². The highest BCUT2D eigenvalue weighted by Gasteiger charge is 2.18. The SMILES string of the molecule is CCCc1c(O)cc2oc(-c3ccc(OC)c(OCC(=O)O)c3)cc(=O)c2c1O. The van der Waals surface area contributed by atoms with Crippen LogP contribution in [0.3, 0.4) is 0 Å². The lowest BCUT2D eigenvalue weighted by Crippen LogP contribution is -2.10. The lowest BCUT2D eigenvalue weighted by Gasteiger charge is -2.12. The van der Waals surface area contributed by atoms with Gasteiger partial charge in [0.25, 0.3) is 0 Å². The van der Waals surface area contributed by atoms with Crippen molar-refractivity contribution in [3.63, 3.8) is 0 Å². The quantitative estimate of drug-likeness (QED) is 0.551. The summed E-state index contributed by atoms with van der Waals surface area (Å²) >= 11 is 0. The average Bonchev–Trinajstić information content (AvgIpc) is 2.68. The molecular formula is C21H20O8. The van der Waals surface area contributed by atoms with Crippen molar-refractivity contribution in [2.75, 3.05) is 13.7 Å². The fourth-order valence-electron chi connectivity index (χ4n) is 3.05. The zero-order valence-electron chi connectivity index (χ0n) is 15.9. The number of phenolic OH excluding ortho intramolecular Hbond substituents is 2. The fourth-order valence-corrected chi connectivity index (χ4v) is 3.05. The molecule has 1 heterocycles. The largest absolute Gasteiger partial charge is 0.507 e. The van der Waals surface area contributed by atoms with Crippen LogP contribution >= 0.6 is 0 Å². The summed E-state index contributed by atoms with van der Waals surface area (Å²) in [5.74, 6) is -0.951. The fraction of sp³-hybridized carbons (Fsp3) is 0.238. The lowest BCUT2D eigenvalue weighted by atomic mass is 10.0. The Bertz CT molecular complexity index is 1130. The van der Waals surface area contributed by atoms with Crippen molar-refractivity contribution >= 4 is 16.9 Å². The summed E-state index contributed by atoms with van der Waals surface area (Å²) in [4.78, 5) is 23.4. The molecule has 0 saturated carbocycles. The number of aromatic hydroxyl groups is 2. The Kier molecular flexibility index (Phi) is 5.63. The van der Waals surface area contributed by atoms with E-state index >= 15 is 0 Å². The predicted molar refractivity (Wildman–Crippen MR) is 105 cm³/mol. The van der Waals surface area contributed by atoms with Crippen molar-refractivity contribution < 1.29 is 34.0 Å². The molecule has 3 aromatic rings. The van der Waals surface area contributed by atoms with Gasteiger partial charge in [-0.15, -0.1) is 0 Å². The molecule has 0 spiro atoms. The van der Waals surface area contributed by atoms with Crippen molar-refractivity contribution in [3.05, 3.63) is 46.1 Å². The van der Waals surface area contributed by atoms with Crippen LogP contribution in [0.5, 0.6) is 23.0 Å². The monoisotopic (exact) mass is 400 g/mol. The van der Waals surface area contributed by atoms with Crippen LogP contribution in [0, 0.1) is 0 Å². The third kappa shape index (κ3) is 3.96. The summed E-state index contributed by atoms with van der Waals surface area (Å²) in [7, 11) is 1.41. The molecule has 0 amide bonds. The van der Waals surface area contributed by atoms with Crippen molar-refractivity contribution in [3.8, 4) is 34.3 Å². The first-order valence-electron chi connectivity index (χ1n) is 8.90. The molecule has 0 radical (unpaired) electrons. The summed E-state index contributed by atoms with van der Waals surface area (Å²) in [6.45, 7) is 1.33. The Morgan fingerprint density at radius 2 is 1.90 bits per heavy atom. The van der Waals surface area contributed by atoms with Gasteiger partial charge >= 0.3 is 5.97 Å². The molecule has 1 aromatic heterocycles. The number of ether oxygens (including phenoxy) is 2. The van der Waals surface area contributed by atoms with Crippen molar-refractivity contribution in [2.24, 2.45) is 0 Å². The number of aliphatic carboxylic acids is 1. The number of carboxylic acid groups (broad SMARTS) is 1. The van der Waals surface area contributed by atoms with Crippen LogP contribution in [0.2, 0.25) is 0 Å². The predicted octanol–water partition coefficient (Wildman–Crippen LogP) is 3.30. The van der Waals surface area contributed by atoms with E-state index in [9.17, 15) is 19.8 Å². The smallest absolute Gasteiger partial charge is 0.341 e. The number of fused-ring (bicyclic) bond motifs is 1. The molecule has 3 N–H and O–H groups in total. The molecule has 2 aromatic carbocycles. The molecular weight excluding hydrogens is 380 g/mol. The van der Waals surface area contributed by atoms with Gasteiger partial charge in [-0.3, -0.25) is 4.79 Å². The van der Waals surface area contributed by atoms with Crippen LogP contribution < -0.4 is 14.9 Å². The standard InChI is InChI=1S/C21H20O8/c1-3-4-12-13(22)8-18-20(21(12)26)14(23)9-16(29-18)11-5-6-15(27-2)17(7-11)28-10-19(24)25/h5-9,22,26H,3-4,10H2,1-2H3,(H,24,25). The second-order valence-electron chi connectivity index (χ2n) is 6.37. The molecule has 0 saturated heterocycles.